The minimum atomic E-state index is -0.334. The Kier molecular flexibility index (Phi) is 3.68. The van der Waals surface area contributed by atoms with Gasteiger partial charge in [-0.25, -0.2) is 4.98 Å². The van der Waals surface area contributed by atoms with E-state index in [0.717, 1.165) is 16.9 Å². The zero-order valence-corrected chi connectivity index (χ0v) is 10.2. The number of halogens is 1. The Bertz CT molecular complexity index is 536. The Labute approximate surface area is 104 Å². The van der Waals surface area contributed by atoms with Gasteiger partial charge in [0.2, 0.25) is 0 Å². The van der Waals surface area contributed by atoms with E-state index in [4.69, 9.17) is 18.0 Å². The van der Waals surface area contributed by atoms with Crippen LogP contribution in [0.2, 0.25) is 0 Å². The maximum absolute atomic E-state index is 12.3. The monoisotopic (exact) mass is 251 g/mol. The van der Waals surface area contributed by atoms with Crippen LogP contribution in [0.4, 0.5) is 4.39 Å². The van der Waals surface area contributed by atoms with Crippen molar-refractivity contribution in [3.8, 4) is 0 Å². The van der Waals surface area contributed by atoms with Gasteiger partial charge in [-0.3, -0.25) is 4.39 Å². The van der Waals surface area contributed by atoms with Crippen molar-refractivity contribution >= 4 is 28.2 Å². The number of nitrogens with zero attached hydrogens (tertiary/aromatic N) is 2. The lowest BCUT2D eigenvalue weighted by Gasteiger charge is -2.07. The molecule has 17 heavy (non-hydrogen) atoms. The number of alkyl halides is 1. The number of fused-ring (bicyclic) bond motifs is 1. The van der Waals surface area contributed by atoms with Crippen molar-refractivity contribution in [3.05, 3.63) is 30.1 Å². The fourth-order valence-electron chi connectivity index (χ4n) is 1.88. The van der Waals surface area contributed by atoms with E-state index >= 15 is 0 Å². The molecule has 2 N–H and O–H groups in total. The van der Waals surface area contributed by atoms with Crippen molar-refractivity contribution < 1.29 is 4.39 Å². The third-order valence-corrected chi connectivity index (χ3v) is 2.73. The molecule has 0 amide bonds. The second kappa shape index (κ2) is 5.23. The Morgan fingerprint density at radius 3 is 2.88 bits per heavy atom. The van der Waals surface area contributed by atoms with Crippen molar-refractivity contribution in [2.75, 3.05) is 6.67 Å². The number of hydrogen-bond donors (Lipinski definition) is 1. The average Bonchev–Trinajstić information content (AvgIpc) is 2.63. The second-order valence-electron chi connectivity index (χ2n) is 3.85. The van der Waals surface area contributed by atoms with E-state index < -0.39 is 0 Å². The predicted molar refractivity (Wildman–Crippen MR) is 70.8 cm³/mol. The van der Waals surface area contributed by atoms with Crippen LogP contribution in [0.25, 0.3) is 11.0 Å². The summed E-state index contributed by atoms with van der Waals surface area (Å²) >= 11 is 4.90. The topological polar surface area (TPSA) is 43.8 Å². The van der Waals surface area contributed by atoms with Crippen LogP contribution in [0, 0.1) is 0 Å². The fraction of sp³-hybridized carbons (Fsp3) is 0.333. The molecule has 3 nitrogen and oxygen atoms in total. The lowest BCUT2D eigenvalue weighted by molar-refractivity contribution is 0.447. The Morgan fingerprint density at radius 1 is 1.41 bits per heavy atom. The van der Waals surface area contributed by atoms with Crippen LogP contribution in [0.5, 0.6) is 0 Å². The maximum atomic E-state index is 12.3. The molecule has 0 fully saturated rings. The molecule has 0 aliphatic heterocycles. The lowest BCUT2D eigenvalue weighted by atomic mass is 10.3. The first-order chi connectivity index (χ1) is 8.22. The summed E-state index contributed by atoms with van der Waals surface area (Å²) in [4.78, 5) is 4.88. The van der Waals surface area contributed by atoms with Crippen molar-refractivity contribution in [2.45, 2.75) is 19.4 Å². The highest BCUT2D eigenvalue weighted by Crippen LogP contribution is 2.17. The zero-order chi connectivity index (χ0) is 12.3. The third-order valence-electron chi connectivity index (χ3n) is 2.58. The summed E-state index contributed by atoms with van der Waals surface area (Å²) in [6, 6.07) is 7.79. The van der Waals surface area contributed by atoms with Gasteiger partial charge in [-0.1, -0.05) is 24.4 Å². The van der Waals surface area contributed by atoms with E-state index in [9.17, 15) is 4.39 Å². The van der Waals surface area contributed by atoms with Gasteiger partial charge in [0, 0.05) is 6.54 Å². The first-order valence-electron chi connectivity index (χ1n) is 5.51. The molecule has 0 aliphatic carbocycles. The molecule has 0 aliphatic rings. The molecule has 0 atom stereocenters. The van der Waals surface area contributed by atoms with Crippen molar-refractivity contribution in [2.24, 2.45) is 5.73 Å². The SMILES string of the molecule is NC(=S)Cc1nc2ccccc2n1CCCF. The maximum Gasteiger partial charge on any atom is 0.116 e. The van der Waals surface area contributed by atoms with Crippen LogP contribution in [0.15, 0.2) is 24.3 Å². The van der Waals surface area contributed by atoms with Crippen LogP contribution >= 0.6 is 12.2 Å². The van der Waals surface area contributed by atoms with Gasteiger partial charge in [0.15, 0.2) is 0 Å². The van der Waals surface area contributed by atoms with E-state index in [1.807, 2.05) is 28.8 Å². The summed E-state index contributed by atoms with van der Waals surface area (Å²) in [5.41, 5.74) is 7.46. The number of thiocarbonyl (C=S) groups is 1. The molecule has 1 aromatic heterocycles. The molecule has 1 heterocycles. The quantitative estimate of drug-likeness (QED) is 0.829. The fourth-order valence-corrected chi connectivity index (χ4v) is 2.01. The number of hydrogen-bond acceptors (Lipinski definition) is 2. The molecule has 0 radical (unpaired) electrons. The van der Waals surface area contributed by atoms with E-state index in [1.54, 1.807) is 0 Å². The predicted octanol–water partition coefficient (Wildman–Crippen LogP) is 2.22. The van der Waals surface area contributed by atoms with Gasteiger partial charge < -0.3 is 10.3 Å². The molecule has 0 saturated heterocycles. The van der Waals surface area contributed by atoms with Crippen molar-refractivity contribution in [3.63, 3.8) is 0 Å². The van der Waals surface area contributed by atoms with Gasteiger partial charge >= 0.3 is 0 Å². The van der Waals surface area contributed by atoms with Gasteiger partial charge in [0.25, 0.3) is 0 Å². The molecule has 5 heteroatoms. The van der Waals surface area contributed by atoms with Gasteiger partial charge in [0.1, 0.15) is 5.82 Å². The summed E-state index contributed by atoms with van der Waals surface area (Å²) in [7, 11) is 0. The molecule has 0 spiro atoms. The Morgan fingerprint density at radius 2 is 2.18 bits per heavy atom. The minimum absolute atomic E-state index is 0.334. The molecular weight excluding hydrogens is 237 g/mol. The highest BCUT2D eigenvalue weighted by Gasteiger charge is 2.10. The highest BCUT2D eigenvalue weighted by atomic mass is 32.1. The van der Waals surface area contributed by atoms with Crippen LogP contribution in [-0.2, 0) is 13.0 Å². The number of imidazole rings is 1. The van der Waals surface area contributed by atoms with Gasteiger partial charge in [-0.15, -0.1) is 0 Å². The normalized spacial score (nSPS) is 10.9. The number of rotatable bonds is 5. The summed E-state index contributed by atoms with van der Waals surface area (Å²) in [6.45, 7) is 0.272. The van der Waals surface area contributed by atoms with E-state index in [0.29, 0.717) is 24.4 Å². The van der Waals surface area contributed by atoms with Crippen LogP contribution in [0.3, 0.4) is 0 Å². The largest absolute Gasteiger partial charge is 0.393 e. The van der Waals surface area contributed by atoms with Gasteiger partial charge in [-0.2, -0.15) is 0 Å². The van der Waals surface area contributed by atoms with Crippen molar-refractivity contribution in [1.29, 1.82) is 0 Å². The smallest absolute Gasteiger partial charge is 0.116 e. The van der Waals surface area contributed by atoms with E-state index in [1.165, 1.54) is 0 Å². The van der Waals surface area contributed by atoms with Gasteiger partial charge in [0.05, 0.1) is 29.1 Å². The zero-order valence-electron chi connectivity index (χ0n) is 9.40. The summed E-state index contributed by atoms with van der Waals surface area (Å²) in [5.74, 6) is 0.812. The average molecular weight is 251 g/mol. The number of aromatic nitrogens is 2. The van der Waals surface area contributed by atoms with Crippen LogP contribution in [-0.4, -0.2) is 21.2 Å². The summed E-state index contributed by atoms with van der Waals surface area (Å²) in [5, 5.41) is 0. The molecular formula is C12H14FN3S. The van der Waals surface area contributed by atoms with Crippen LogP contribution < -0.4 is 5.73 Å². The van der Waals surface area contributed by atoms with Crippen molar-refractivity contribution in [1.82, 2.24) is 9.55 Å². The second-order valence-corrected chi connectivity index (χ2v) is 4.38. The summed E-state index contributed by atoms with van der Waals surface area (Å²) < 4.78 is 14.3. The highest BCUT2D eigenvalue weighted by molar-refractivity contribution is 7.80. The number of benzene rings is 1. The third kappa shape index (κ3) is 2.61. The Hall–Kier alpha value is -1.49. The number of aryl methyl sites for hydroxylation is 1. The van der Waals surface area contributed by atoms with E-state index in [2.05, 4.69) is 4.98 Å². The van der Waals surface area contributed by atoms with Gasteiger partial charge in [-0.05, 0) is 18.6 Å². The Balaban J connectivity index is 2.44. The number of nitrogens with two attached hydrogens (primary N) is 1. The molecule has 0 bridgehead atoms. The minimum Gasteiger partial charge on any atom is -0.393 e. The van der Waals surface area contributed by atoms with Crippen LogP contribution in [0.1, 0.15) is 12.2 Å². The summed E-state index contributed by atoms with van der Waals surface area (Å²) in [6.07, 6.45) is 0.932. The lowest BCUT2D eigenvalue weighted by Crippen LogP contribution is -2.15. The molecule has 2 rings (SSSR count). The molecule has 90 valence electrons. The number of para-hydroxylation sites is 2. The van der Waals surface area contributed by atoms with E-state index in [-0.39, 0.29) is 6.67 Å². The molecule has 1 aromatic carbocycles. The molecule has 0 unspecified atom stereocenters. The first kappa shape index (κ1) is 12.0. The molecule has 0 saturated carbocycles. The molecule has 2 aromatic rings. The first-order valence-corrected chi connectivity index (χ1v) is 5.91. The standard InChI is InChI=1S/C12H14FN3S/c13-6-3-7-16-10-5-2-1-4-9(10)15-12(16)8-11(14)17/h1-2,4-5H,3,6-8H2,(H2,14,17).